The minimum atomic E-state index is 0.398. The molecule has 95 valence electrons. The van der Waals surface area contributed by atoms with E-state index in [1.54, 1.807) is 0 Å². The summed E-state index contributed by atoms with van der Waals surface area (Å²) in [5.41, 5.74) is 5.98. The molecule has 2 unspecified atom stereocenters. The number of allylic oxidation sites excluding steroid dienone is 2. The van der Waals surface area contributed by atoms with Crippen LogP contribution in [0.4, 0.5) is 0 Å². The molecule has 0 saturated carbocycles. The van der Waals surface area contributed by atoms with Crippen LogP contribution >= 0.6 is 0 Å². The summed E-state index contributed by atoms with van der Waals surface area (Å²) in [6.45, 7) is 0. The monoisotopic (exact) mass is 271 g/mol. The van der Waals surface area contributed by atoms with E-state index < -0.39 is 0 Å². The first kappa shape index (κ1) is 11.9. The average molecular weight is 271 g/mol. The summed E-state index contributed by atoms with van der Waals surface area (Å²) >= 11 is 0. The van der Waals surface area contributed by atoms with Gasteiger partial charge in [0.15, 0.2) is 0 Å². The molecule has 0 spiro atoms. The van der Waals surface area contributed by atoms with E-state index in [1.165, 1.54) is 22.3 Å². The molecule has 0 fully saturated rings. The molecule has 0 amide bonds. The molecule has 0 saturated heterocycles. The van der Waals surface area contributed by atoms with Gasteiger partial charge in [-0.1, -0.05) is 72.8 Å². The van der Waals surface area contributed by atoms with Gasteiger partial charge in [-0.3, -0.25) is 0 Å². The zero-order chi connectivity index (χ0) is 13.5. The first-order chi connectivity index (χ1) is 9.84. The van der Waals surface area contributed by atoms with Crippen LogP contribution in [0.2, 0.25) is 5.54 Å². The van der Waals surface area contributed by atoms with Crippen molar-refractivity contribution in [3.63, 3.8) is 0 Å². The largest absolute Gasteiger partial charge is 0.0764 e. The summed E-state index contributed by atoms with van der Waals surface area (Å²) < 4.78 is 0. The minimum absolute atomic E-state index is 0.398. The van der Waals surface area contributed by atoms with Gasteiger partial charge in [-0.25, -0.2) is 0 Å². The zero-order valence-corrected chi connectivity index (χ0v) is 12.2. The van der Waals surface area contributed by atoms with Gasteiger partial charge in [0.1, 0.15) is 0 Å². The lowest BCUT2D eigenvalue weighted by atomic mass is 9.86. The smallest absolute Gasteiger partial charge is 0.0291 e. The average Bonchev–Trinajstić information content (AvgIpc) is 3.11. The molecule has 20 heavy (non-hydrogen) atoms. The summed E-state index contributed by atoms with van der Waals surface area (Å²) in [6.07, 6.45) is 9.16. The highest BCUT2D eigenvalue weighted by atomic mass is 28.1. The second-order valence-electron chi connectivity index (χ2n) is 5.55. The predicted molar refractivity (Wildman–Crippen MR) is 85.9 cm³/mol. The molecule has 0 aromatic heterocycles. The van der Waals surface area contributed by atoms with Crippen molar-refractivity contribution < 1.29 is 0 Å². The van der Waals surface area contributed by atoms with Crippen molar-refractivity contribution in [2.75, 3.05) is 0 Å². The predicted octanol–water partition coefficient (Wildman–Crippen LogP) is 4.56. The molecule has 2 aromatic rings. The van der Waals surface area contributed by atoms with Gasteiger partial charge >= 0.3 is 0 Å². The molecule has 2 aromatic carbocycles. The fourth-order valence-corrected chi connectivity index (χ4v) is 3.99. The van der Waals surface area contributed by atoms with Crippen LogP contribution in [0.15, 0.2) is 60.7 Å². The van der Waals surface area contributed by atoms with Crippen molar-refractivity contribution >= 4 is 22.4 Å². The number of hydrogen-bond donors (Lipinski definition) is 0. The Morgan fingerprint density at radius 1 is 0.700 bits per heavy atom. The molecule has 0 aliphatic heterocycles. The van der Waals surface area contributed by atoms with Crippen LogP contribution in [-0.4, -0.2) is 10.2 Å². The van der Waals surface area contributed by atoms with E-state index >= 15 is 0 Å². The fourth-order valence-electron chi connectivity index (χ4n) is 3.40. The van der Waals surface area contributed by atoms with Crippen molar-refractivity contribution in [1.29, 1.82) is 0 Å². The topological polar surface area (TPSA) is 0 Å². The first-order valence-electron chi connectivity index (χ1n) is 7.10. The summed E-state index contributed by atoms with van der Waals surface area (Å²) in [4.78, 5) is 0. The lowest BCUT2D eigenvalue weighted by Gasteiger charge is -2.25. The molecular formula is C19H15Si. The highest BCUT2D eigenvalue weighted by molar-refractivity contribution is 6.13. The van der Waals surface area contributed by atoms with Gasteiger partial charge in [0.25, 0.3) is 0 Å². The molecule has 0 N–H and O–H groups in total. The van der Waals surface area contributed by atoms with Crippen molar-refractivity contribution in [2.24, 2.45) is 0 Å². The highest BCUT2D eigenvalue weighted by Gasteiger charge is 2.30. The Kier molecular flexibility index (Phi) is 2.74. The molecule has 3 radical (unpaired) electrons. The summed E-state index contributed by atoms with van der Waals surface area (Å²) in [5, 5.41) is 0. The normalized spacial score (nSPS) is 23.6. The Morgan fingerprint density at radius 3 is 1.65 bits per heavy atom. The second-order valence-corrected chi connectivity index (χ2v) is 6.22. The van der Waals surface area contributed by atoms with E-state index in [1.807, 2.05) is 0 Å². The third-order valence-electron chi connectivity index (χ3n) is 4.45. The van der Waals surface area contributed by atoms with Gasteiger partial charge in [-0.05, 0) is 27.8 Å². The maximum Gasteiger partial charge on any atom is 0.0291 e. The fraction of sp³-hybridized carbons (Fsp3) is 0.158. The van der Waals surface area contributed by atoms with Crippen LogP contribution in [0, 0.1) is 0 Å². The number of fused-ring (bicyclic) bond motifs is 2. The van der Waals surface area contributed by atoms with Gasteiger partial charge in [0.05, 0.1) is 0 Å². The Balaban J connectivity index is 1.69. The van der Waals surface area contributed by atoms with Crippen LogP contribution in [0.1, 0.15) is 34.1 Å². The molecule has 2 aliphatic rings. The van der Waals surface area contributed by atoms with Gasteiger partial charge in [-0.15, -0.1) is 0 Å². The van der Waals surface area contributed by atoms with Gasteiger partial charge in [0, 0.05) is 22.1 Å². The van der Waals surface area contributed by atoms with Gasteiger partial charge < -0.3 is 0 Å². The van der Waals surface area contributed by atoms with Crippen molar-refractivity contribution in [2.45, 2.75) is 17.4 Å². The maximum absolute atomic E-state index is 4.03. The minimum Gasteiger partial charge on any atom is -0.0764 e. The van der Waals surface area contributed by atoms with Gasteiger partial charge in [-0.2, -0.15) is 0 Å². The van der Waals surface area contributed by atoms with E-state index in [0.717, 1.165) is 0 Å². The van der Waals surface area contributed by atoms with Crippen LogP contribution in [-0.2, 0) is 0 Å². The van der Waals surface area contributed by atoms with Crippen LogP contribution in [0.3, 0.4) is 0 Å². The number of hydrogen-bond acceptors (Lipinski definition) is 0. The third kappa shape index (κ3) is 1.74. The number of benzene rings is 2. The first-order valence-corrected chi connectivity index (χ1v) is 7.68. The summed E-state index contributed by atoms with van der Waals surface area (Å²) in [6, 6.07) is 17.4. The summed E-state index contributed by atoms with van der Waals surface area (Å²) in [5.74, 6) is 0.896. The zero-order valence-electron chi connectivity index (χ0n) is 11.2. The van der Waals surface area contributed by atoms with E-state index in [0.29, 0.717) is 17.4 Å². The van der Waals surface area contributed by atoms with E-state index in [-0.39, 0.29) is 0 Å². The van der Waals surface area contributed by atoms with Crippen molar-refractivity contribution in [3.8, 4) is 0 Å². The maximum atomic E-state index is 4.03. The molecule has 1 heteroatoms. The SMILES string of the molecule is [Si]C(C1C=Cc2ccccc21)C1C=Cc2ccccc21. The molecule has 0 heterocycles. The van der Waals surface area contributed by atoms with E-state index in [4.69, 9.17) is 0 Å². The van der Waals surface area contributed by atoms with Crippen molar-refractivity contribution in [1.82, 2.24) is 0 Å². The Labute approximate surface area is 123 Å². The van der Waals surface area contributed by atoms with Crippen LogP contribution in [0.5, 0.6) is 0 Å². The van der Waals surface area contributed by atoms with Crippen molar-refractivity contribution in [3.05, 3.63) is 82.9 Å². The standard InChI is InChI=1S/C19H15Si/c20-19(17-11-9-13-5-1-3-7-15(13)17)18-12-10-14-6-2-4-8-16(14)18/h1-12,17-19H. The van der Waals surface area contributed by atoms with E-state index in [2.05, 4.69) is 83.1 Å². The lowest BCUT2D eigenvalue weighted by molar-refractivity contribution is 0.684. The Bertz CT molecular complexity index is 650. The van der Waals surface area contributed by atoms with Gasteiger partial charge in [0.2, 0.25) is 0 Å². The quantitative estimate of drug-likeness (QED) is 0.702. The molecule has 0 nitrogen and oxygen atoms in total. The molecule has 2 aliphatic carbocycles. The van der Waals surface area contributed by atoms with Crippen LogP contribution in [0.25, 0.3) is 12.2 Å². The third-order valence-corrected chi connectivity index (χ3v) is 5.17. The second kappa shape index (κ2) is 4.60. The lowest BCUT2D eigenvalue weighted by Crippen LogP contribution is -2.11. The molecule has 4 rings (SSSR count). The molecule has 0 bridgehead atoms. The Hall–Kier alpha value is -1.86. The van der Waals surface area contributed by atoms with Crippen LogP contribution < -0.4 is 0 Å². The summed E-state index contributed by atoms with van der Waals surface area (Å²) in [7, 11) is 4.03. The molecular weight excluding hydrogens is 256 g/mol. The molecule has 2 atom stereocenters. The van der Waals surface area contributed by atoms with E-state index in [9.17, 15) is 0 Å². The Morgan fingerprint density at radius 2 is 1.15 bits per heavy atom. The number of rotatable bonds is 2. The highest BCUT2D eigenvalue weighted by Crippen LogP contribution is 2.47.